The zero-order valence-corrected chi connectivity index (χ0v) is 17.1. The SMILES string of the molecule is CC(C)Cn1c(SC[C@@H](O)COCc2cccs2)nc2ccccc2c1=O. The summed E-state index contributed by atoms with van der Waals surface area (Å²) in [5.41, 5.74) is 0.661. The van der Waals surface area contributed by atoms with Crippen molar-refractivity contribution in [2.75, 3.05) is 12.4 Å². The fraction of sp³-hybridized carbons (Fsp3) is 0.400. The number of ether oxygens (including phenoxy) is 1. The van der Waals surface area contributed by atoms with Crippen LogP contribution in [0.2, 0.25) is 0 Å². The third kappa shape index (κ3) is 5.42. The van der Waals surface area contributed by atoms with E-state index in [1.807, 2.05) is 41.8 Å². The molecule has 1 atom stereocenters. The summed E-state index contributed by atoms with van der Waals surface area (Å²) in [4.78, 5) is 18.7. The molecule has 0 aliphatic rings. The maximum Gasteiger partial charge on any atom is 0.262 e. The second kappa shape index (κ2) is 9.50. The van der Waals surface area contributed by atoms with E-state index in [-0.39, 0.29) is 12.2 Å². The molecule has 144 valence electrons. The van der Waals surface area contributed by atoms with Crippen molar-refractivity contribution in [1.82, 2.24) is 9.55 Å². The van der Waals surface area contributed by atoms with Crippen molar-refractivity contribution in [3.05, 3.63) is 57.0 Å². The molecule has 0 fully saturated rings. The van der Waals surface area contributed by atoms with Crippen molar-refractivity contribution in [3.8, 4) is 0 Å². The quantitative estimate of drug-likeness (QED) is 0.434. The van der Waals surface area contributed by atoms with E-state index in [0.717, 1.165) is 4.88 Å². The highest BCUT2D eigenvalue weighted by atomic mass is 32.2. The highest BCUT2D eigenvalue weighted by Crippen LogP contribution is 2.20. The standard InChI is InChI=1S/C20H24N2O3S2/c1-14(2)10-22-19(24)17-7-3-4-8-18(17)21-20(22)27-13-15(23)11-25-12-16-6-5-9-26-16/h3-9,14-15,23H,10-13H2,1-2H3/t15-/m0/s1. The lowest BCUT2D eigenvalue weighted by Crippen LogP contribution is -2.26. The molecule has 0 saturated heterocycles. The Morgan fingerprint density at radius 3 is 2.81 bits per heavy atom. The van der Waals surface area contributed by atoms with E-state index >= 15 is 0 Å². The first kappa shape index (κ1) is 20.1. The zero-order valence-electron chi connectivity index (χ0n) is 15.5. The maximum atomic E-state index is 12.9. The lowest BCUT2D eigenvalue weighted by atomic mass is 10.2. The molecule has 2 aromatic heterocycles. The lowest BCUT2D eigenvalue weighted by molar-refractivity contribution is 0.0408. The van der Waals surface area contributed by atoms with Crippen LogP contribution in [0.15, 0.2) is 51.7 Å². The number of thioether (sulfide) groups is 1. The van der Waals surface area contributed by atoms with Crippen LogP contribution < -0.4 is 5.56 Å². The highest BCUT2D eigenvalue weighted by molar-refractivity contribution is 7.99. The molecule has 1 aromatic carbocycles. The molecule has 2 heterocycles. The van der Waals surface area contributed by atoms with Gasteiger partial charge in [-0.1, -0.05) is 43.8 Å². The van der Waals surface area contributed by atoms with Gasteiger partial charge in [0, 0.05) is 17.2 Å². The number of aromatic nitrogens is 2. The first-order valence-corrected chi connectivity index (χ1v) is 10.8. The minimum absolute atomic E-state index is 0.0276. The van der Waals surface area contributed by atoms with Crippen LogP contribution in [0, 0.1) is 5.92 Å². The first-order valence-electron chi connectivity index (χ1n) is 8.95. The molecule has 0 amide bonds. The fourth-order valence-corrected chi connectivity index (χ4v) is 4.25. The summed E-state index contributed by atoms with van der Waals surface area (Å²) in [5, 5.41) is 13.5. The average molecular weight is 405 g/mol. The third-order valence-electron chi connectivity index (χ3n) is 3.91. The Kier molecular flexibility index (Phi) is 7.07. The number of aliphatic hydroxyl groups excluding tert-OH is 1. The summed E-state index contributed by atoms with van der Waals surface area (Å²) in [6.07, 6.45) is -0.620. The molecular formula is C20H24N2O3S2. The number of fused-ring (bicyclic) bond motifs is 1. The van der Waals surface area contributed by atoms with Gasteiger partial charge in [0.15, 0.2) is 5.16 Å². The van der Waals surface area contributed by atoms with Crippen LogP contribution >= 0.6 is 23.1 Å². The Hall–Kier alpha value is -1.67. The predicted molar refractivity (Wildman–Crippen MR) is 112 cm³/mol. The van der Waals surface area contributed by atoms with Crippen LogP contribution in [-0.4, -0.2) is 33.1 Å². The Morgan fingerprint density at radius 1 is 1.26 bits per heavy atom. The smallest absolute Gasteiger partial charge is 0.262 e. The van der Waals surface area contributed by atoms with Gasteiger partial charge in [0.1, 0.15) is 0 Å². The summed E-state index contributed by atoms with van der Waals surface area (Å²) in [7, 11) is 0. The van der Waals surface area contributed by atoms with Gasteiger partial charge in [-0.3, -0.25) is 9.36 Å². The number of nitrogens with zero attached hydrogens (tertiary/aromatic N) is 2. The van der Waals surface area contributed by atoms with Crippen LogP contribution in [0.1, 0.15) is 18.7 Å². The highest BCUT2D eigenvalue weighted by Gasteiger charge is 2.14. The minimum Gasteiger partial charge on any atom is -0.390 e. The van der Waals surface area contributed by atoms with Gasteiger partial charge in [0.2, 0.25) is 0 Å². The molecule has 5 nitrogen and oxygen atoms in total. The van der Waals surface area contributed by atoms with Crippen molar-refractivity contribution in [1.29, 1.82) is 0 Å². The first-order chi connectivity index (χ1) is 13.0. The largest absolute Gasteiger partial charge is 0.390 e. The number of benzene rings is 1. The summed E-state index contributed by atoms with van der Waals surface area (Å²) in [5.74, 6) is 0.747. The van der Waals surface area contributed by atoms with Gasteiger partial charge < -0.3 is 9.84 Å². The van der Waals surface area contributed by atoms with Crippen molar-refractivity contribution >= 4 is 34.0 Å². The van der Waals surface area contributed by atoms with Gasteiger partial charge in [0.05, 0.1) is 30.2 Å². The van der Waals surface area contributed by atoms with Crippen LogP contribution in [0.5, 0.6) is 0 Å². The van der Waals surface area contributed by atoms with E-state index < -0.39 is 6.10 Å². The van der Waals surface area contributed by atoms with Crippen molar-refractivity contribution in [2.45, 2.75) is 38.3 Å². The Labute approximate surface area is 167 Å². The molecule has 0 saturated carbocycles. The molecule has 0 radical (unpaired) electrons. The monoisotopic (exact) mass is 404 g/mol. The van der Waals surface area contributed by atoms with E-state index in [1.165, 1.54) is 11.8 Å². The maximum absolute atomic E-state index is 12.9. The molecule has 0 bridgehead atoms. The van der Waals surface area contributed by atoms with E-state index in [4.69, 9.17) is 4.74 Å². The third-order valence-corrected chi connectivity index (χ3v) is 5.89. The van der Waals surface area contributed by atoms with Gasteiger partial charge in [-0.15, -0.1) is 11.3 Å². The van der Waals surface area contributed by atoms with Crippen molar-refractivity contribution in [3.63, 3.8) is 0 Å². The molecule has 0 aliphatic heterocycles. The van der Waals surface area contributed by atoms with Crippen LogP contribution in [0.25, 0.3) is 10.9 Å². The zero-order chi connectivity index (χ0) is 19.2. The van der Waals surface area contributed by atoms with Crippen LogP contribution in [0.3, 0.4) is 0 Å². The van der Waals surface area contributed by atoms with Crippen LogP contribution in [-0.2, 0) is 17.9 Å². The number of aliphatic hydroxyl groups is 1. The van der Waals surface area contributed by atoms with E-state index in [0.29, 0.717) is 40.9 Å². The van der Waals surface area contributed by atoms with Gasteiger partial charge in [-0.05, 0) is 29.5 Å². The van der Waals surface area contributed by atoms with Gasteiger partial charge >= 0.3 is 0 Å². The summed E-state index contributed by atoms with van der Waals surface area (Å²) < 4.78 is 7.29. The Balaban J connectivity index is 1.68. The fourth-order valence-electron chi connectivity index (χ4n) is 2.69. The number of hydrogen-bond donors (Lipinski definition) is 1. The number of para-hydroxylation sites is 1. The molecular weight excluding hydrogens is 380 g/mol. The second-order valence-electron chi connectivity index (χ2n) is 6.78. The molecule has 0 aliphatic carbocycles. The van der Waals surface area contributed by atoms with E-state index in [2.05, 4.69) is 18.8 Å². The molecule has 3 rings (SSSR count). The Morgan fingerprint density at radius 2 is 2.07 bits per heavy atom. The predicted octanol–water partition coefficient (Wildman–Crippen LogP) is 3.78. The summed E-state index contributed by atoms with van der Waals surface area (Å²) in [6.45, 7) is 5.51. The number of rotatable bonds is 9. The van der Waals surface area contributed by atoms with Crippen molar-refractivity contribution in [2.24, 2.45) is 5.92 Å². The number of hydrogen-bond acceptors (Lipinski definition) is 6. The summed E-state index contributed by atoms with van der Waals surface area (Å²) in [6, 6.07) is 11.4. The van der Waals surface area contributed by atoms with Gasteiger partial charge in [-0.25, -0.2) is 4.98 Å². The number of thiophene rings is 1. The minimum atomic E-state index is -0.620. The molecule has 0 unspecified atom stereocenters. The molecule has 7 heteroatoms. The van der Waals surface area contributed by atoms with Gasteiger partial charge in [-0.2, -0.15) is 0 Å². The lowest BCUT2D eigenvalue weighted by Gasteiger charge is -2.16. The molecule has 1 N–H and O–H groups in total. The van der Waals surface area contributed by atoms with E-state index in [1.54, 1.807) is 15.9 Å². The Bertz CT molecular complexity index is 923. The normalized spacial score (nSPS) is 12.7. The molecule has 0 spiro atoms. The summed E-state index contributed by atoms with van der Waals surface area (Å²) >= 11 is 3.03. The second-order valence-corrected chi connectivity index (χ2v) is 8.80. The average Bonchev–Trinajstić information content (AvgIpc) is 3.16. The molecule has 3 aromatic rings. The van der Waals surface area contributed by atoms with Gasteiger partial charge in [0.25, 0.3) is 5.56 Å². The van der Waals surface area contributed by atoms with E-state index in [9.17, 15) is 9.90 Å². The molecule has 27 heavy (non-hydrogen) atoms. The topological polar surface area (TPSA) is 64.3 Å². The van der Waals surface area contributed by atoms with Crippen molar-refractivity contribution < 1.29 is 9.84 Å². The van der Waals surface area contributed by atoms with Crippen LogP contribution in [0.4, 0.5) is 0 Å².